The molecule has 3 aromatic rings. The van der Waals surface area contributed by atoms with Crippen molar-refractivity contribution >= 4 is 16.9 Å². The average Bonchev–Trinajstić information content (AvgIpc) is 3.08. The van der Waals surface area contributed by atoms with Crippen LogP contribution >= 0.6 is 0 Å². The third-order valence-electron chi connectivity index (χ3n) is 4.53. The maximum Gasteiger partial charge on any atom is 0.229 e. The first-order valence-electron chi connectivity index (χ1n) is 8.90. The lowest BCUT2D eigenvalue weighted by atomic mass is 10.1. The molecule has 0 unspecified atom stereocenters. The van der Waals surface area contributed by atoms with Crippen molar-refractivity contribution in [3.05, 3.63) is 35.4 Å². The van der Waals surface area contributed by atoms with E-state index in [1.165, 1.54) is 0 Å². The second kappa shape index (κ2) is 7.53. The van der Waals surface area contributed by atoms with Crippen LogP contribution in [0.25, 0.3) is 11.0 Å². The number of hydrogen-bond acceptors (Lipinski definition) is 9. The van der Waals surface area contributed by atoms with Crippen LogP contribution in [0.15, 0.2) is 16.9 Å². The van der Waals surface area contributed by atoms with Gasteiger partial charge in [-0.1, -0.05) is 5.16 Å². The van der Waals surface area contributed by atoms with Gasteiger partial charge in [0.2, 0.25) is 5.89 Å². The number of morpholine rings is 1. The average molecular weight is 370 g/mol. The van der Waals surface area contributed by atoms with Gasteiger partial charge in [0, 0.05) is 25.9 Å². The number of aryl methyl sites for hydroxylation is 2. The van der Waals surface area contributed by atoms with Crippen molar-refractivity contribution in [1.29, 1.82) is 0 Å². The molecule has 1 aliphatic heterocycles. The van der Waals surface area contributed by atoms with Crippen molar-refractivity contribution in [2.45, 2.75) is 33.0 Å². The minimum Gasteiger partial charge on any atom is -0.377 e. The van der Waals surface area contributed by atoms with E-state index in [1.807, 2.05) is 6.92 Å². The molecule has 0 amide bonds. The van der Waals surface area contributed by atoms with Crippen LogP contribution in [0.4, 0.5) is 5.82 Å². The summed E-state index contributed by atoms with van der Waals surface area (Å²) in [5.41, 5.74) is 2.80. The first-order valence-corrected chi connectivity index (χ1v) is 8.90. The fourth-order valence-corrected chi connectivity index (χ4v) is 3.42. The molecule has 27 heavy (non-hydrogen) atoms. The summed E-state index contributed by atoms with van der Waals surface area (Å²) in [5, 5.41) is 4.89. The van der Waals surface area contributed by atoms with Crippen molar-refractivity contribution in [3.63, 3.8) is 0 Å². The van der Waals surface area contributed by atoms with E-state index < -0.39 is 0 Å². The molecule has 1 fully saturated rings. The Hall–Kier alpha value is -2.65. The number of anilines is 1. The minimum absolute atomic E-state index is 0.0571. The van der Waals surface area contributed by atoms with Gasteiger partial charge in [0.25, 0.3) is 0 Å². The van der Waals surface area contributed by atoms with Gasteiger partial charge in [-0.3, -0.25) is 0 Å². The molecule has 142 valence electrons. The van der Waals surface area contributed by atoms with Gasteiger partial charge in [-0.2, -0.15) is 4.98 Å². The monoisotopic (exact) mass is 370 g/mol. The van der Waals surface area contributed by atoms with E-state index in [4.69, 9.17) is 14.0 Å². The van der Waals surface area contributed by atoms with Gasteiger partial charge in [0.05, 0.1) is 24.5 Å². The van der Waals surface area contributed by atoms with Crippen LogP contribution in [0.1, 0.15) is 23.0 Å². The smallest absolute Gasteiger partial charge is 0.229 e. The van der Waals surface area contributed by atoms with Gasteiger partial charge in [0.1, 0.15) is 18.8 Å². The Kier molecular flexibility index (Phi) is 4.95. The van der Waals surface area contributed by atoms with Crippen molar-refractivity contribution < 1.29 is 14.0 Å². The molecular formula is C18H22N6O3. The van der Waals surface area contributed by atoms with Crippen molar-refractivity contribution in [2.75, 3.05) is 31.7 Å². The van der Waals surface area contributed by atoms with Crippen LogP contribution in [0.5, 0.6) is 0 Å². The Bertz CT molecular complexity index is 944. The maximum absolute atomic E-state index is 5.90. The van der Waals surface area contributed by atoms with E-state index in [0.29, 0.717) is 37.9 Å². The highest BCUT2D eigenvalue weighted by Crippen LogP contribution is 2.27. The number of ether oxygens (including phenoxy) is 2. The van der Waals surface area contributed by atoms with Crippen LogP contribution in [0.3, 0.4) is 0 Å². The molecule has 1 aliphatic rings. The van der Waals surface area contributed by atoms with Crippen LogP contribution in [0, 0.1) is 13.8 Å². The molecule has 0 radical (unpaired) electrons. The summed E-state index contributed by atoms with van der Waals surface area (Å²) in [6, 6.07) is 2.06. The number of fused-ring (bicyclic) bond motifs is 1. The number of methoxy groups -OCH3 is 1. The van der Waals surface area contributed by atoms with E-state index in [0.717, 1.165) is 34.7 Å². The molecule has 0 N–H and O–H groups in total. The number of aromatic nitrogens is 5. The van der Waals surface area contributed by atoms with Gasteiger partial charge in [-0.05, 0) is 25.5 Å². The summed E-state index contributed by atoms with van der Waals surface area (Å²) in [7, 11) is 1.60. The van der Waals surface area contributed by atoms with Crippen LogP contribution in [-0.2, 0) is 22.5 Å². The zero-order valence-electron chi connectivity index (χ0n) is 15.7. The standard InChI is InChI=1S/C18H22N6O3/c1-11-6-12(2)21-17-16(11)18(20-10-19-17)24-4-5-26-13(8-24)7-15-22-14(9-25-3)23-27-15/h6,10,13H,4-5,7-9H2,1-3H3/t13-/m1/s1. The third-order valence-corrected chi connectivity index (χ3v) is 4.53. The number of pyridine rings is 1. The summed E-state index contributed by atoms with van der Waals surface area (Å²) < 4.78 is 16.2. The maximum atomic E-state index is 5.90. The van der Waals surface area contributed by atoms with Gasteiger partial charge >= 0.3 is 0 Å². The molecule has 1 atom stereocenters. The Morgan fingerprint density at radius 3 is 3.00 bits per heavy atom. The van der Waals surface area contributed by atoms with Crippen molar-refractivity contribution in [3.8, 4) is 0 Å². The number of nitrogens with zero attached hydrogens (tertiary/aromatic N) is 6. The van der Waals surface area contributed by atoms with E-state index in [-0.39, 0.29) is 6.10 Å². The molecule has 0 aliphatic carbocycles. The third kappa shape index (κ3) is 3.74. The molecule has 0 aromatic carbocycles. The summed E-state index contributed by atoms with van der Waals surface area (Å²) in [6.07, 6.45) is 2.06. The molecule has 4 rings (SSSR count). The summed E-state index contributed by atoms with van der Waals surface area (Å²) >= 11 is 0. The van der Waals surface area contributed by atoms with Crippen LogP contribution in [-0.4, -0.2) is 58.0 Å². The largest absolute Gasteiger partial charge is 0.377 e. The van der Waals surface area contributed by atoms with Gasteiger partial charge in [-0.15, -0.1) is 0 Å². The lowest BCUT2D eigenvalue weighted by Crippen LogP contribution is -2.44. The van der Waals surface area contributed by atoms with Gasteiger partial charge in [0.15, 0.2) is 11.5 Å². The first kappa shape index (κ1) is 17.7. The van der Waals surface area contributed by atoms with Gasteiger partial charge in [-0.25, -0.2) is 15.0 Å². The molecule has 0 spiro atoms. The Balaban J connectivity index is 1.55. The predicted octanol–water partition coefficient (Wildman–Crippen LogP) is 1.62. The molecular weight excluding hydrogens is 348 g/mol. The SMILES string of the molecule is COCc1noc(C[C@@H]2CN(c3ncnc4nc(C)cc(C)c34)CCO2)n1. The second-order valence-electron chi connectivity index (χ2n) is 6.66. The zero-order valence-corrected chi connectivity index (χ0v) is 15.7. The molecule has 9 nitrogen and oxygen atoms in total. The highest BCUT2D eigenvalue weighted by atomic mass is 16.5. The van der Waals surface area contributed by atoms with Crippen molar-refractivity contribution in [1.82, 2.24) is 25.1 Å². The number of hydrogen-bond donors (Lipinski definition) is 0. The minimum atomic E-state index is -0.0571. The topological polar surface area (TPSA) is 99.3 Å². The molecule has 0 saturated carbocycles. The lowest BCUT2D eigenvalue weighted by Gasteiger charge is -2.33. The summed E-state index contributed by atoms with van der Waals surface area (Å²) in [6.45, 7) is 6.42. The lowest BCUT2D eigenvalue weighted by molar-refractivity contribution is 0.0360. The quantitative estimate of drug-likeness (QED) is 0.663. The Morgan fingerprint density at radius 1 is 1.26 bits per heavy atom. The van der Waals surface area contributed by atoms with Crippen molar-refractivity contribution in [2.24, 2.45) is 0 Å². The van der Waals surface area contributed by atoms with Crippen LogP contribution < -0.4 is 4.90 Å². The zero-order chi connectivity index (χ0) is 18.8. The summed E-state index contributed by atoms with van der Waals surface area (Å²) in [4.78, 5) is 20.0. The molecule has 1 saturated heterocycles. The normalized spacial score (nSPS) is 17.6. The fraction of sp³-hybridized carbons (Fsp3) is 0.500. The Labute approximate surface area is 156 Å². The first-order chi connectivity index (χ1) is 13.1. The Morgan fingerprint density at radius 2 is 2.15 bits per heavy atom. The van der Waals surface area contributed by atoms with E-state index in [2.05, 4.69) is 43.0 Å². The fourth-order valence-electron chi connectivity index (χ4n) is 3.42. The van der Waals surface area contributed by atoms with E-state index >= 15 is 0 Å². The molecule has 0 bridgehead atoms. The number of rotatable bonds is 5. The molecule has 3 aromatic heterocycles. The summed E-state index contributed by atoms with van der Waals surface area (Å²) in [5.74, 6) is 1.98. The predicted molar refractivity (Wildman–Crippen MR) is 97.5 cm³/mol. The molecule has 4 heterocycles. The second-order valence-corrected chi connectivity index (χ2v) is 6.66. The van der Waals surface area contributed by atoms with Gasteiger partial charge < -0.3 is 18.9 Å². The van der Waals surface area contributed by atoms with E-state index in [1.54, 1.807) is 13.4 Å². The van der Waals surface area contributed by atoms with E-state index in [9.17, 15) is 0 Å². The highest BCUT2D eigenvalue weighted by molar-refractivity contribution is 5.90. The van der Waals surface area contributed by atoms with Crippen LogP contribution in [0.2, 0.25) is 0 Å². The molecule has 9 heteroatoms. The highest BCUT2D eigenvalue weighted by Gasteiger charge is 2.26.